The summed E-state index contributed by atoms with van der Waals surface area (Å²) >= 11 is 0. The summed E-state index contributed by atoms with van der Waals surface area (Å²) in [5.41, 5.74) is 3.39. The van der Waals surface area contributed by atoms with E-state index < -0.39 is 0 Å². The number of amides is 1. The van der Waals surface area contributed by atoms with Gasteiger partial charge in [0.2, 0.25) is 0 Å². The van der Waals surface area contributed by atoms with E-state index in [1.54, 1.807) is 23.9 Å². The zero-order valence-corrected chi connectivity index (χ0v) is 17.3. The zero-order chi connectivity index (χ0) is 20.9. The topological polar surface area (TPSA) is 64.0 Å². The maximum absolute atomic E-state index is 12.5. The Bertz CT molecular complexity index is 1020. The van der Waals surface area contributed by atoms with Crippen molar-refractivity contribution in [3.05, 3.63) is 71.8 Å². The van der Waals surface area contributed by atoms with E-state index in [2.05, 4.69) is 10.4 Å². The molecule has 0 atom stereocenters. The minimum absolute atomic E-state index is 0.165. The van der Waals surface area contributed by atoms with Gasteiger partial charge in [-0.3, -0.25) is 14.3 Å². The molecule has 2 aromatic carbocycles. The molecule has 0 saturated heterocycles. The summed E-state index contributed by atoms with van der Waals surface area (Å²) in [6.45, 7) is 0. The fourth-order valence-corrected chi connectivity index (χ4v) is 4.07. The predicted molar refractivity (Wildman–Crippen MR) is 118 cm³/mol. The lowest BCUT2D eigenvalue weighted by Gasteiger charge is -2.20. The number of aryl methyl sites for hydroxylation is 1. The van der Waals surface area contributed by atoms with Crippen molar-refractivity contribution in [3.63, 3.8) is 0 Å². The molecule has 30 heavy (non-hydrogen) atoms. The summed E-state index contributed by atoms with van der Waals surface area (Å²) in [7, 11) is 1.81. The van der Waals surface area contributed by atoms with Crippen LogP contribution in [0.25, 0.3) is 11.3 Å². The number of anilines is 1. The molecule has 0 aliphatic heterocycles. The summed E-state index contributed by atoms with van der Waals surface area (Å²) in [5, 5.41) is 7.43. The Morgan fingerprint density at radius 1 is 1.00 bits per heavy atom. The van der Waals surface area contributed by atoms with E-state index in [9.17, 15) is 9.59 Å². The van der Waals surface area contributed by atoms with Crippen LogP contribution in [0.5, 0.6) is 0 Å². The fraction of sp³-hybridized carbons (Fsp3) is 0.320. The molecule has 1 heterocycles. The van der Waals surface area contributed by atoms with Crippen LogP contribution in [0, 0.1) is 5.92 Å². The van der Waals surface area contributed by atoms with Gasteiger partial charge in [-0.15, -0.1) is 0 Å². The van der Waals surface area contributed by atoms with Crippen LogP contribution in [0.1, 0.15) is 48.0 Å². The van der Waals surface area contributed by atoms with E-state index in [4.69, 9.17) is 0 Å². The molecule has 0 radical (unpaired) electrons. The van der Waals surface area contributed by atoms with E-state index in [0.29, 0.717) is 23.6 Å². The molecule has 0 unspecified atom stereocenters. The summed E-state index contributed by atoms with van der Waals surface area (Å²) < 4.78 is 1.66. The van der Waals surface area contributed by atoms with Crippen LogP contribution in [-0.4, -0.2) is 21.5 Å². The highest BCUT2D eigenvalue weighted by Gasteiger charge is 2.21. The third-order valence-electron chi connectivity index (χ3n) is 5.85. The van der Waals surface area contributed by atoms with Crippen LogP contribution >= 0.6 is 0 Å². The van der Waals surface area contributed by atoms with Gasteiger partial charge in [-0.05, 0) is 30.5 Å². The molecule has 5 nitrogen and oxygen atoms in total. The van der Waals surface area contributed by atoms with Crippen LogP contribution in [-0.2, 0) is 18.3 Å². The van der Waals surface area contributed by atoms with Gasteiger partial charge in [0.05, 0.1) is 5.69 Å². The van der Waals surface area contributed by atoms with Crippen LogP contribution in [0.15, 0.2) is 60.7 Å². The second kappa shape index (κ2) is 9.08. The Kier molecular flexibility index (Phi) is 6.07. The molecule has 5 heteroatoms. The Hall–Kier alpha value is -3.21. The van der Waals surface area contributed by atoms with Gasteiger partial charge < -0.3 is 5.32 Å². The van der Waals surface area contributed by atoms with Crippen molar-refractivity contribution in [2.45, 2.75) is 38.5 Å². The average molecular weight is 402 g/mol. The molecule has 1 amide bonds. The number of carbonyl (C=O) groups excluding carboxylic acids is 2. The van der Waals surface area contributed by atoms with Crippen molar-refractivity contribution < 1.29 is 9.59 Å². The van der Waals surface area contributed by atoms with Crippen LogP contribution in [0.3, 0.4) is 0 Å². The predicted octanol–water partition coefficient (Wildman–Crippen LogP) is 5.03. The minimum atomic E-state index is -0.165. The molecule has 4 rings (SSSR count). The second-order valence-corrected chi connectivity index (χ2v) is 8.03. The van der Waals surface area contributed by atoms with E-state index >= 15 is 0 Å². The number of hydrogen-bond acceptors (Lipinski definition) is 3. The van der Waals surface area contributed by atoms with Gasteiger partial charge >= 0.3 is 0 Å². The number of aromatic nitrogens is 2. The Balaban J connectivity index is 1.42. The lowest BCUT2D eigenvalue weighted by Crippen LogP contribution is -2.19. The third kappa shape index (κ3) is 4.67. The number of nitrogens with one attached hydrogen (secondary N) is 1. The number of rotatable bonds is 6. The van der Waals surface area contributed by atoms with Gasteiger partial charge in [0.25, 0.3) is 5.91 Å². The van der Waals surface area contributed by atoms with Crippen molar-refractivity contribution in [3.8, 4) is 11.3 Å². The number of ketones is 1. The second-order valence-electron chi connectivity index (χ2n) is 8.03. The highest BCUT2D eigenvalue weighted by atomic mass is 16.1. The van der Waals surface area contributed by atoms with Gasteiger partial charge in [-0.2, -0.15) is 5.10 Å². The Morgan fingerprint density at radius 3 is 2.40 bits per heavy atom. The standard InChI is InChI=1S/C25H27N3O2/c1-28-24(26-25(30)21-10-6-3-7-11-21)17-22(27-28)19-14-12-18(13-15-19)16-23(29)20-8-4-2-5-9-20/h3,6-7,10-15,17,20H,2,4-5,8-9,16H2,1H3,(H,26,30). The molecule has 1 fully saturated rings. The smallest absolute Gasteiger partial charge is 0.256 e. The lowest BCUT2D eigenvalue weighted by atomic mass is 9.84. The maximum atomic E-state index is 12.5. The molecule has 154 valence electrons. The van der Waals surface area contributed by atoms with Crippen molar-refractivity contribution in [1.29, 1.82) is 0 Å². The molecular weight excluding hydrogens is 374 g/mol. The van der Waals surface area contributed by atoms with E-state index in [1.807, 2.05) is 48.5 Å². The van der Waals surface area contributed by atoms with Gasteiger partial charge in [0, 0.05) is 36.6 Å². The van der Waals surface area contributed by atoms with Crippen LogP contribution in [0.2, 0.25) is 0 Å². The monoisotopic (exact) mass is 401 g/mol. The van der Waals surface area contributed by atoms with Crippen molar-refractivity contribution >= 4 is 17.5 Å². The summed E-state index contributed by atoms with van der Waals surface area (Å²) in [6, 6.07) is 19.0. The highest BCUT2D eigenvalue weighted by molar-refractivity contribution is 6.04. The van der Waals surface area contributed by atoms with Crippen molar-refractivity contribution in [2.75, 3.05) is 5.32 Å². The molecule has 0 bridgehead atoms. The summed E-state index contributed by atoms with van der Waals surface area (Å²) in [6.07, 6.45) is 6.21. The number of benzene rings is 2. The first-order valence-corrected chi connectivity index (χ1v) is 10.6. The molecule has 0 spiro atoms. The molecule has 1 aliphatic carbocycles. The average Bonchev–Trinajstić information content (AvgIpc) is 3.15. The largest absolute Gasteiger partial charge is 0.307 e. The minimum Gasteiger partial charge on any atom is -0.307 e. The van der Waals surface area contributed by atoms with E-state index in [-0.39, 0.29) is 11.8 Å². The number of Topliss-reactive ketones (excluding diaryl/α,β-unsaturated/α-hetero) is 1. The molecule has 1 N–H and O–H groups in total. The van der Waals surface area contributed by atoms with Crippen molar-refractivity contribution in [1.82, 2.24) is 9.78 Å². The first-order valence-electron chi connectivity index (χ1n) is 10.6. The highest BCUT2D eigenvalue weighted by Crippen LogP contribution is 2.26. The fourth-order valence-electron chi connectivity index (χ4n) is 4.07. The first-order chi connectivity index (χ1) is 14.6. The number of hydrogen-bond donors (Lipinski definition) is 1. The van der Waals surface area contributed by atoms with Crippen LogP contribution < -0.4 is 5.32 Å². The zero-order valence-electron chi connectivity index (χ0n) is 17.3. The first kappa shape index (κ1) is 20.1. The third-order valence-corrected chi connectivity index (χ3v) is 5.85. The Labute approximate surface area is 177 Å². The lowest BCUT2D eigenvalue weighted by molar-refractivity contribution is -0.123. The van der Waals surface area contributed by atoms with Gasteiger partial charge in [-0.1, -0.05) is 61.7 Å². The quantitative estimate of drug-likeness (QED) is 0.630. The van der Waals surface area contributed by atoms with E-state index in [1.165, 1.54) is 19.3 Å². The van der Waals surface area contributed by atoms with Gasteiger partial charge in [0.1, 0.15) is 11.6 Å². The van der Waals surface area contributed by atoms with Gasteiger partial charge in [-0.25, -0.2) is 0 Å². The normalized spacial score (nSPS) is 14.4. The van der Waals surface area contributed by atoms with Crippen LogP contribution in [0.4, 0.5) is 5.82 Å². The maximum Gasteiger partial charge on any atom is 0.256 e. The SMILES string of the molecule is Cn1nc(-c2ccc(CC(=O)C3CCCCC3)cc2)cc1NC(=O)c1ccccc1. The van der Waals surface area contributed by atoms with Crippen molar-refractivity contribution in [2.24, 2.45) is 13.0 Å². The van der Waals surface area contributed by atoms with E-state index in [0.717, 1.165) is 29.7 Å². The molecular formula is C25H27N3O2. The molecule has 1 aliphatic rings. The molecule has 3 aromatic rings. The van der Waals surface area contributed by atoms with Gasteiger partial charge in [0.15, 0.2) is 0 Å². The molecule has 1 aromatic heterocycles. The Morgan fingerprint density at radius 2 is 1.70 bits per heavy atom. The molecule has 1 saturated carbocycles. The summed E-state index contributed by atoms with van der Waals surface area (Å²) in [5.74, 6) is 1.08. The number of nitrogens with zero attached hydrogens (tertiary/aromatic N) is 2. The summed E-state index contributed by atoms with van der Waals surface area (Å²) in [4.78, 5) is 24.9. The number of carbonyl (C=O) groups is 2.